The molecule has 178 valence electrons. The van der Waals surface area contributed by atoms with Gasteiger partial charge in [-0.1, -0.05) is 54.1 Å². The van der Waals surface area contributed by atoms with Crippen LogP contribution in [0, 0.1) is 6.92 Å². The molecule has 2 heterocycles. The average molecular weight is 560 g/mol. The first-order valence-corrected chi connectivity index (χ1v) is 12.0. The molecule has 2 N–H and O–H groups in total. The smallest absolute Gasteiger partial charge is 0.191 e. The van der Waals surface area contributed by atoms with Crippen LogP contribution in [0.2, 0.25) is 0 Å². The van der Waals surface area contributed by atoms with Gasteiger partial charge >= 0.3 is 0 Å². The topological polar surface area (TPSA) is 42.9 Å². The van der Waals surface area contributed by atoms with Crippen LogP contribution >= 0.6 is 24.0 Å². The molecule has 0 aliphatic carbocycles. The highest BCUT2D eigenvalue weighted by Gasteiger charge is 2.20. The summed E-state index contributed by atoms with van der Waals surface area (Å²) in [5.74, 6) is 0.929. The summed E-state index contributed by atoms with van der Waals surface area (Å²) in [5, 5.41) is 7.11. The van der Waals surface area contributed by atoms with Gasteiger partial charge in [-0.15, -0.1) is 24.0 Å². The Hall–Kier alpha value is -2.06. The van der Waals surface area contributed by atoms with Crippen molar-refractivity contribution in [1.29, 1.82) is 0 Å². The van der Waals surface area contributed by atoms with Crippen molar-refractivity contribution in [3.63, 3.8) is 0 Å². The molecule has 33 heavy (non-hydrogen) atoms. The lowest BCUT2D eigenvalue weighted by molar-refractivity contribution is 0.198. The summed E-state index contributed by atoms with van der Waals surface area (Å²) in [4.78, 5) is 9.83. The van der Waals surface area contributed by atoms with Gasteiger partial charge in [-0.2, -0.15) is 0 Å². The number of benzene rings is 2. The third-order valence-corrected chi connectivity index (χ3v) is 6.28. The van der Waals surface area contributed by atoms with Gasteiger partial charge in [-0.3, -0.25) is 4.90 Å². The van der Waals surface area contributed by atoms with E-state index in [1.807, 2.05) is 0 Å². The van der Waals surface area contributed by atoms with E-state index in [2.05, 4.69) is 95.0 Å². The monoisotopic (exact) mass is 559 g/mol. The number of hydrogen-bond acceptors (Lipinski definition) is 3. The molecule has 2 aliphatic heterocycles. The fourth-order valence-corrected chi connectivity index (χ4v) is 4.53. The number of rotatable bonds is 7. The number of nitrogens with one attached hydrogen (secondary N) is 2. The predicted molar refractivity (Wildman–Crippen MR) is 151 cm³/mol. The fraction of sp³-hybridized carbons (Fsp3) is 0.444. The number of anilines is 1. The minimum Gasteiger partial charge on any atom is -0.364 e. The van der Waals surface area contributed by atoms with Crippen LogP contribution < -0.4 is 15.5 Å². The lowest BCUT2D eigenvalue weighted by Gasteiger charge is -2.33. The first kappa shape index (κ1) is 25.6. The molecule has 0 amide bonds. The van der Waals surface area contributed by atoms with Crippen LogP contribution in [0.15, 0.2) is 65.7 Å². The van der Waals surface area contributed by atoms with E-state index in [4.69, 9.17) is 4.99 Å². The molecule has 0 spiro atoms. The van der Waals surface area contributed by atoms with Gasteiger partial charge in [0.05, 0.1) is 6.54 Å². The van der Waals surface area contributed by atoms with Crippen LogP contribution in [0.4, 0.5) is 5.69 Å². The van der Waals surface area contributed by atoms with Gasteiger partial charge in [0.2, 0.25) is 0 Å². The second-order valence-electron chi connectivity index (χ2n) is 8.93. The van der Waals surface area contributed by atoms with Crippen LogP contribution in [-0.2, 0) is 13.1 Å². The lowest BCUT2D eigenvalue weighted by Crippen LogP contribution is -2.48. The van der Waals surface area contributed by atoms with Crippen molar-refractivity contribution in [2.45, 2.75) is 45.8 Å². The Morgan fingerprint density at radius 2 is 1.73 bits per heavy atom. The summed E-state index contributed by atoms with van der Waals surface area (Å²) >= 11 is 0. The molecule has 0 aromatic heterocycles. The summed E-state index contributed by atoms with van der Waals surface area (Å²) < 4.78 is 0. The molecule has 0 atom stereocenters. The largest absolute Gasteiger partial charge is 0.364 e. The van der Waals surface area contributed by atoms with Gasteiger partial charge in [0.15, 0.2) is 5.96 Å². The quantitative estimate of drug-likeness (QED) is 0.223. The molecule has 2 aliphatic rings. The Bertz CT molecular complexity index is 926. The average Bonchev–Trinajstić information content (AvgIpc) is 3.34. The molecule has 0 radical (unpaired) electrons. The second kappa shape index (κ2) is 13.0. The highest BCUT2D eigenvalue weighted by molar-refractivity contribution is 14.0. The molecule has 2 aromatic carbocycles. The number of halogens is 1. The van der Waals surface area contributed by atoms with E-state index in [9.17, 15) is 0 Å². The van der Waals surface area contributed by atoms with Gasteiger partial charge in [0.25, 0.3) is 0 Å². The minimum absolute atomic E-state index is 0. The number of aliphatic imine (C=N–C) groups is 1. The molecule has 0 bridgehead atoms. The Balaban J connectivity index is 0.00000306. The van der Waals surface area contributed by atoms with E-state index in [0.29, 0.717) is 12.6 Å². The van der Waals surface area contributed by atoms with Crippen LogP contribution in [0.5, 0.6) is 0 Å². The molecule has 6 heteroatoms. The van der Waals surface area contributed by atoms with Crippen molar-refractivity contribution in [2.75, 3.05) is 37.6 Å². The number of guanidine groups is 1. The van der Waals surface area contributed by atoms with Crippen molar-refractivity contribution < 1.29 is 0 Å². The van der Waals surface area contributed by atoms with E-state index >= 15 is 0 Å². The summed E-state index contributed by atoms with van der Waals surface area (Å²) in [6.07, 6.45) is 6.75. The van der Waals surface area contributed by atoms with Crippen molar-refractivity contribution in [1.82, 2.24) is 15.5 Å². The molecule has 4 rings (SSSR count). The number of piperidine rings is 1. The highest BCUT2D eigenvalue weighted by Crippen LogP contribution is 2.19. The molecule has 1 saturated heterocycles. The van der Waals surface area contributed by atoms with E-state index in [1.165, 1.54) is 22.4 Å². The van der Waals surface area contributed by atoms with Gasteiger partial charge in [-0.05, 0) is 49.9 Å². The highest BCUT2D eigenvalue weighted by atomic mass is 127. The van der Waals surface area contributed by atoms with Gasteiger partial charge < -0.3 is 15.5 Å². The standard InChI is InChI=1S/C27H37N5.HI/c1-3-28-27(29-20-23-9-7-11-26(19-23)32-14-4-5-15-32)30-25-12-16-31(17-13-25)21-24-10-6-8-22(2)18-24;/h4-11,18-19,25H,3,12-17,20-21H2,1-2H3,(H2,28,29,30);1H. The van der Waals surface area contributed by atoms with Crippen molar-refractivity contribution in [3.8, 4) is 0 Å². The number of nitrogens with zero attached hydrogens (tertiary/aromatic N) is 3. The normalized spacial score (nSPS) is 17.2. The Labute approximate surface area is 216 Å². The Kier molecular flexibility index (Phi) is 10.1. The lowest BCUT2D eigenvalue weighted by atomic mass is 10.0. The van der Waals surface area contributed by atoms with Crippen molar-refractivity contribution in [2.24, 2.45) is 4.99 Å². The van der Waals surface area contributed by atoms with Crippen molar-refractivity contribution in [3.05, 3.63) is 77.4 Å². The Morgan fingerprint density at radius 3 is 2.45 bits per heavy atom. The third kappa shape index (κ3) is 7.74. The van der Waals surface area contributed by atoms with Crippen LogP contribution in [0.3, 0.4) is 0 Å². The van der Waals surface area contributed by atoms with Crippen LogP contribution in [0.25, 0.3) is 0 Å². The van der Waals surface area contributed by atoms with Crippen molar-refractivity contribution >= 4 is 35.6 Å². The molecule has 5 nitrogen and oxygen atoms in total. The Morgan fingerprint density at radius 1 is 1.00 bits per heavy atom. The van der Waals surface area contributed by atoms with E-state index < -0.39 is 0 Å². The number of hydrogen-bond donors (Lipinski definition) is 2. The summed E-state index contributed by atoms with van der Waals surface area (Å²) in [7, 11) is 0. The third-order valence-electron chi connectivity index (χ3n) is 6.28. The zero-order chi connectivity index (χ0) is 22.2. The minimum atomic E-state index is 0. The van der Waals surface area contributed by atoms with E-state index in [0.717, 1.165) is 58.1 Å². The maximum absolute atomic E-state index is 4.89. The van der Waals surface area contributed by atoms with E-state index in [-0.39, 0.29) is 24.0 Å². The van der Waals surface area contributed by atoms with Crippen LogP contribution in [-0.4, -0.2) is 49.6 Å². The molecule has 0 unspecified atom stereocenters. The maximum Gasteiger partial charge on any atom is 0.191 e. The zero-order valence-electron chi connectivity index (χ0n) is 20.0. The number of aryl methyl sites for hydroxylation is 1. The van der Waals surface area contributed by atoms with Crippen LogP contribution in [0.1, 0.15) is 36.5 Å². The molecule has 1 fully saturated rings. The second-order valence-corrected chi connectivity index (χ2v) is 8.93. The maximum atomic E-state index is 4.89. The molecule has 2 aromatic rings. The zero-order valence-corrected chi connectivity index (χ0v) is 22.3. The first-order valence-electron chi connectivity index (χ1n) is 12.0. The number of likely N-dealkylation sites (tertiary alicyclic amines) is 1. The molecule has 0 saturated carbocycles. The summed E-state index contributed by atoms with van der Waals surface area (Å²) in [6.45, 7) is 11.1. The predicted octanol–water partition coefficient (Wildman–Crippen LogP) is 4.71. The van der Waals surface area contributed by atoms with Gasteiger partial charge in [0.1, 0.15) is 0 Å². The summed E-state index contributed by atoms with van der Waals surface area (Å²) in [5.41, 5.74) is 5.28. The summed E-state index contributed by atoms with van der Waals surface area (Å²) in [6, 6.07) is 18.1. The first-order chi connectivity index (χ1) is 15.7. The van der Waals surface area contributed by atoms with E-state index in [1.54, 1.807) is 0 Å². The fourth-order valence-electron chi connectivity index (χ4n) is 4.53. The molecular weight excluding hydrogens is 521 g/mol. The van der Waals surface area contributed by atoms with Gasteiger partial charge in [-0.25, -0.2) is 4.99 Å². The van der Waals surface area contributed by atoms with Gasteiger partial charge in [0, 0.05) is 51.0 Å². The molecular formula is C27H38IN5. The SMILES string of the molecule is CCNC(=NCc1cccc(N2CC=CC2)c1)NC1CCN(Cc2cccc(C)c2)CC1.I.